The standard InChI is InChI=1S/C20H38N2/c1-2-3-4-5-6-7-8-9-10-11-12-13-14-15-16-17-20-18-21-19-22-20/h18-19H,2-17H2,1H3,(H,21,22). The molecule has 1 aromatic rings. The van der Waals surface area contributed by atoms with Crippen LogP contribution in [0.4, 0.5) is 0 Å². The first-order valence-electron chi connectivity index (χ1n) is 9.90. The molecule has 0 aliphatic heterocycles. The van der Waals surface area contributed by atoms with Gasteiger partial charge in [0.15, 0.2) is 0 Å². The van der Waals surface area contributed by atoms with Gasteiger partial charge >= 0.3 is 0 Å². The Morgan fingerprint density at radius 1 is 0.682 bits per heavy atom. The third-order valence-electron chi connectivity index (χ3n) is 4.60. The molecule has 1 rings (SSSR count). The quantitative estimate of drug-likeness (QED) is 0.333. The van der Waals surface area contributed by atoms with Crippen molar-refractivity contribution in [3.63, 3.8) is 0 Å². The molecule has 0 fully saturated rings. The molecule has 2 nitrogen and oxygen atoms in total. The molecule has 1 heterocycles. The van der Waals surface area contributed by atoms with Gasteiger partial charge in [-0.15, -0.1) is 0 Å². The van der Waals surface area contributed by atoms with Crippen LogP contribution in [0, 0.1) is 0 Å². The highest BCUT2D eigenvalue weighted by Crippen LogP contribution is 2.13. The van der Waals surface area contributed by atoms with Crippen LogP contribution in [0.15, 0.2) is 12.5 Å². The van der Waals surface area contributed by atoms with Crippen LogP contribution in [0.2, 0.25) is 0 Å². The third-order valence-corrected chi connectivity index (χ3v) is 4.60. The molecule has 0 spiro atoms. The van der Waals surface area contributed by atoms with Gasteiger partial charge in [0, 0.05) is 11.9 Å². The van der Waals surface area contributed by atoms with Crippen molar-refractivity contribution in [1.29, 1.82) is 0 Å². The smallest absolute Gasteiger partial charge is 0.0921 e. The summed E-state index contributed by atoms with van der Waals surface area (Å²) in [5.41, 5.74) is 1.29. The maximum Gasteiger partial charge on any atom is 0.0921 e. The Hall–Kier alpha value is -0.790. The first-order valence-corrected chi connectivity index (χ1v) is 9.90. The molecule has 0 aromatic carbocycles. The van der Waals surface area contributed by atoms with E-state index >= 15 is 0 Å². The fourth-order valence-corrected chi connectivity index (χ4v) is 3.11. The molecule has 2 heteroatoms. The van der Waals surface area contributed by atoms with Crippen LogP contribution in [0.5, 0.6) is 0 Å². The van der Waals surface area contributed by atoms with Crippen LogP contribution in [0.1, 0.15) is 109 Å². The Balaban J connectivity index is 1.68. The predicted octanol–water partition coefficient (Wildman–Crippen LogP) is 6.82. The normalized spacial score (nSPS) is 11.1. The summed E-state index contributed by atoms with van der Waals surface area (Å²) in [6.07, 6.45) is 26.4. The fourth-order valence-electron chi connectivity index (χ4n) is 3.11. The first kappa shape index (κ1) is 19.3. The summed E-state index contributed by atoms with van der Waals surface area (Å²) in [4.78, 5) is 7.23. The van der Waals surface area contributed by atoms with E-state index in [1.54, 1.807) is 6.33 Å². The minimum absolute atomic E-state index is 1.16. The van der Waals surface area contributed by atoms with E-state index in [1.165, 1.54) is 102 Å². The molecule has 22 heavy (non-hydrogen) atoms. The van der Waals surface area contributed by atoms with E-state index in [0.717, 1.165) is 6.42 Å². The van der Waals surface area contributed by atoms with Gasteiger partial charge in [-0.05, 0) is 12.8 Å². The number of aromatic nitrogens is 2. The molecule has 1 N–H and O–H groups in total. The van der Waals surface area contributed by atoms with Crippen molar-refractivity contribution >= 4 is 0 Å². The molecule has 128 valence electrons. The van der Waals surface area contributed by atoms with Crippen LogP contribution in [0.3, 0.4) is 0 Å². The lowest BCUT2D eigenvalue weighted by Crippen LogP contribution is -1.86. The zero-order chi connectivity index (χ0) is 15.7. The largest absolute Gasteiger partial charge is 0.348 e. The van der Waals surface area contributed by atoms with Gasteiger partial charge in [0.2, 0.25) is 0 Å². The highest BCUT2D eigenvalue weighted by Gasteiger charge is 1.96. The molecule has 0 atom stereocenters. The zero-order valence-electron chi connectivity index (χ0n) is 14.9. The second kappa shape index (κ2) is 15.1. The number of unbranched alkanes of at least 4 members (excludes halogenated alkanes) is 14. The third kappa shape index (κ3) is 11.8. The molecule has 0 saturated carbocycles. The lowest BCUT2D eigenvalue weighted by atomic mass is 10.0. The van der Waals surface area contributed by atoms with Crippen molar-refractivity contribution < 1.29 is 0 Å². The number of nitrogens with zero attached hydrogens (tertiary/aromatic N) is 1. The monoisotopic (exact) mass is 306 g/mol. The number of aryl methyl sites for hydroxylation is 1. The summed E-state index contributed by atoms with van der Waals surface area (Å²) < 4.78 is 0. The van der Waals surface area contributed by atoms with Gasteiger partial charge in [-0.2, -0.15) is 0 Å². The molecule has 0 unspecified atom stereocenters. The number of rotatable bonds is 16. The highest BCUT2D eigenvalue weighted by molar-refractivity contribution is 4.93. The van der Waals surface area contributed by atoms with Gasteiger partial charge in [0.1, 0.15) is 0 Å². The molecular formula is C20H38N2. The van der Waals surface area contributed by atoms with Crippen LogP contribution >= 0.6 is 0 Å². The maximum absolute atomic E-state index is 4.06. The number of imidazole rings is 1. The van der Waals surface area contributed by atoms with E-state index < -0.39 is 0 Å². The highest BCUT2D eigenvalue weighted by atomic mass is 14.9. The van der Waals surface area contributed by atoms with E-state index in [4.69, 9.17) is 0 Å². The Bertz CT molecular complexity index is 306. The van der Waals surface area contributed by atoms with Crippen LogP contribution < -0.4 is 0 Å². The molecule has 0 aliphatic carbocycles. The topological polar surface area (TPSA) is 28.7 Å². The van der Waals surface area contributed by atoms with E-state index in [2.05, 4.69) is 16.9 Å². The summed E-state index contributed by atoms with van der Waals surface area (Å²) in [6.45, 7) is 2.29. The number of H-pyrrole nitrogens is 1. The zero-order valence-corrected chi connectivity index (χ0v) is 14.9. The Morgan fingerprint density at radius 3 is 1.55 bits per heavy atom. The molecule has 1 aromatic heterocycles. The van der Waals surface area contributed by atoms with Gasteiger partial charge in [0.25, 0.3) is 0 Å². The lowest BCUT2D eigenvalue weighted by Gasteiger charge is -2.03. The molecule has 0 amide bonds. The molecule has 0 bridgehead atoms. The van der Waals surface area contributed by atoms with Crippen molar-refractivity contribution in [2.24, 2.45) is 0 Å². The van der Waals surface area contributed by atoms with Gasteiger partial charge in [0.05, 0.1) is 6.33 Å². The molecule has 0 aliphatic rings. The summed E-state index contributed by atoms with van der Waals surface area (Å²) >= 11 is 0. The number of aromatic amines is 1. The van der Waals surface area contributed by atoms with E-state index in [-0.39, 0.29) is 0 Å². The van der Waals surface area contributed by atoms with E-state index in [0.29, 0.717) is 0 Å². The van der Waals surface area contributed by atoms with E-state index in [9.17, 15) is 0 Å². The average Bonchev–Trinajstić information content (AvgIpc) is 3.04. The van der Waals surface area contributed by atoms with Crippen LogP contribution in [0.25, 0.3) is 0 Å². The summed E-state index contributed by atoms with van der Waals surface area (Å²) in [6, 6.07) is 0. The summed E-state index contributed by atoms with van der Waals surface area (Å²) in [7, 11) is 0. The second-order valence-electron chi connectivity index (χ2n) is 6.78. The minimum Gasteiger partial charge on any atom is -0.348 e. The van der Waals surface area contributed by atoms with Crippen LogP contribution in [-0.4, -0.2) is 9.97 Å². The summed E-state index contributed by atoms with van der Waals surface area (Å²) in [5, 5.41) is 0. The Morgan fingerprint density at radius 2 is 1.14 bits per heavy atom. The van der Waals surface area contributed by atoms with Gasteiger partial charge in [-0.3, -0.25) is 0 Å². The Kier molecular flexibility index (Phi) is 13.2. The van der Waals surface area contributed by atoms with Crippen molar-refractivity contribution in [3.05, 3.63) is 18.2 Å². The number of nitrogens with one attached hydrogen (secondary N) is 1. The first-order chi connectivity index (χ1) is 10.9. The van der Waals surface area contributed by atoms with Crippen molar-refractivity contribution in [2.45, 2.75) is 110 Å². The minimum atomic E-state index is 1.16. The van der Waals surface area contributed by atoms with Crippen molar-refractivity contribution in [1.82, 2.24) is 9.97 Å². The second-order valence-corrected chi connectivity index (χ2v) is 6.78. The lowest BCUT2D eigenvalue weighted by molar-refractivity contribution is 0.532. The fraction of sp³-hybridized carbons (Fsp3) is 0.850. The number of hydrogen-bond donors (Lipinski definition) is 1. The molecule has 0 saturated heterocycles. The van der Waals surface area contributed by atoms with Gasteiger partial charge < -0.3 is 4.98 Å². The van der Waals surface area contributed by atoms with Crippen molar-refractivity contribution in [3.8, 4) is 0 Å². The predicted molar refractivity (Wildman–Crippen MR) is 97.2 cm³/mol. The number of hydrogen-bond acceptors (Lipinski definition) is 1. The molecule has 0 radical (unpaired) electrons. The summed E-state index contributed by atoms with van der Waals surface area (Å²) in [5.74, 6) is 0. The molecular weight excluding hydrogens is 268 g/mol. The van der Waals surface area contributed by atoms with E-state index in [1.807, 2.05) is 6.20 Å². The Labute approximate surface area is 138 Å². The maximum atomic E-state index is 4.06. The van der Waals surface area contributed by atoms with Gasteiger partial charge in [-0.1, -0.05) is 96.8 Å². The van der Waals surface area contributed by atoms with Crippen molar-refractivity contribution in [2.75, 3.05) is 0 Å². The average molecular weight is 307 g/mol. The van der Waals surface area contributed by atoms with Gasteiger partial charge in [-0.25, -0.2) is 4.98 Å². The van der Waals surface area contributed by atoms with Crippen LogP contribution in [-0.2, 0) is 6.42 Å². The SMILES string of the molecule is CCCCCCCCCCCCCCCCCc1cnc[nH]1.